The molecule has 15 heavy (non-hydrogen) atoms. The van der Waals surface area contributed by atoms with Crippen LogP contribution in [0.4, 0.5) is 5.82 Å². The molecule has 0 aliphatic heterocycles. The first-order valence-corrected chi connectivity index (χ1v) is 4.46. The van der Waals surface area contributed by atoms with Crippen LogP contribution in [0.15, 0.2) is 30.5 Å². The predicted octanol–water partition coefficient (Wildman–Crippen LogP) is 1.28. The molecular weight excluding hydrogens is 194 g/mol. The maximum Gasteiger partial charge on any atom is 0.161 e. The molecule has 1 heterocycles. The van der Waals surface area contributed by atoms with Crippen molar-refractivity contribution in [1.29, 1.82) is 0 Å². The summed E-state index contributed by atoms with van der Waals surface area (Å²) in [5.74, 6) is 1.02. The Morgan fingerprint density at radius 3 is 2.87 bits per heavy atom. The van der Waals surface area contributed by atoms with Gasteiger partial charge in [-0.05, 0) is 12.1 Å². The average Bonchev–Trinajstić information content (AvgIpc) is 2.63. The van der Waals surface area contributed by atoms with Gasteiger partial charge >= 0.3 is 0 Å². The van der Waals surface area contributed by atoms with Crippen LogP contribution in [-0.4, -0.2) is 15.3 Å². The number of phenols is 1. The van der Waals surface area contributed by atoms with E-state index in [9.17, 15) is 5.11 Å². The second-order valence-electron chi connectivity index (χ2n) is 3.07. The number of rotatable bonds is 3. The summed E-state index contributed by atoms with van der Waals surface area (Å²) < 4.78 is 5.37. The molecule has 4 N–H and O–H groups in total. The molecule has 5 heteroatoms. The normalized spacial score (nSPS) is 10.1. The van der Waals surface area contributed by atoms with Gasteiger partial charge < -0.3 is 15.6 Å². The molecule has 78 valence electrons. The van der Waals surface area contributed by atoms with E-state index in [0.717, 1.165) is 5.56 Å². The maximum atomic E-state index is 9.43. The molecule has 2 aromatic rings. The standard InChI is InChI=1S/C10H11N3O2/c11-10-7(5-12-13-10)6-15-9-4-2-1-3-8(9)14/h1-5,14H,6H2,(H3,11,12,13). The van der Waals surface area contributed by atoms with E-state index >= 15 is 0 Å². The minimum Gasteiger partial charge on any atom is -0.504 e. The Bertz CT molecular complexity index is 453. The van der Waals surface area contributed by atoms with Crippen molar-refractivity contribution in [3.63, 3.8) is 0 Å². The fourth-order valence-electron chi connectivity index (χ4n) is 1.17. The number of nitrogens with two attached hydrogens (primary N) is 1. The van der Waals surface area contributed by atoms with E-state index in [4.69, 9.17) is 10.5 Å². The number of benzene rings is 1. The Morgan fingerprint density at radius 1 is 1.40 bits per heavy atom. The van der Waals surface area contributed by atoms with Gasteiger partial charge in [-0.25, -0.2) is 0 Å². The lowest BCUT2D eigenvalue weighted by atomic mass is 10.3. The van der Waals surface area contributed by atoms with E-state index in [1.165, 1.54) is 0 Å². The number of ether oxygens (including phenoxy) is 1. The van der Waals surface area contributed by atoms with Gasteiger partial charge in [0.25, 0.3) is 0 Å². The number of aromatic amines is 1. The minimum absolute atomic E-state index is 0.111. The van der Waals surface area contributed by atoms with Gasteiger partial charge in [-0.2, -0.15) is 5.10 Å². The molecule has 0 aliphatic rings. The van der Waals surface area contributed by atoms with Gasteiger partial charge in [0.1, 0.15) is 12.4 Å². The number of anilines is 1. The Labute approximate surface area is 86.5 Å². The monoisotopic (exact) mass is 205 g/mol. The van der Waals surface area contributed by atoms with Crippen molar-refractivity contribution in [3.05, 3.63) is 36.0 Å². The summed E-state index contributed by atoms with van der Waals surface area (Å²) in [7, 11) is 0. The third kappa shape index (κ3) is 2.01. The Kier molecular flexibility index (Phi) is 2.45. The maximum absolute atomic E-state index is 9.43. The molecule has 0 saturated carbocycles. The summed E-state index contributed by atoms with van der Waals surface area (Å²) in [4.78, 5) is 0. The molecule has 0 unspecified atom stereocenters. The number of aromatic nitrogens is 2. The summed E-state index contributed by atoms with van der Waals surface area (Å²) in [6.07, 6.45) is 1.59. The highest BCUT2D eigenvalue weighted by Gasteiger charge is 2.04. The number of nitrogens with one attached hydrogen (secondary N) is 1. The van der Waals surface area contributed by atoms with E-state index in [0.29, 0.717) is 11.6 Å². The molecule has 0 amide bonds. The molecule has 2 rings (SSSR count). The first kappa shape index (κ1) is 9.39. The lowest BCUT2D eigenvalue weighted by Crippen LogP contribution is -1.98. The molecule has 5 nitrogen and oxygen atoms in total. The van der Waals surface area contributed by atoms with Crippen LogP contribution in [0.25, 0.3) is 0 Å². The van der Waals surface area contributed by atoms with E-state index in [1.54, 1.807) is 30.5 Å². The Morgan fingerprint density at radius 2 is 2.20 bits per heavy atom. The predicted molar refractivity (Wildman–Crippen MR) is 55.4 cm³/mol. The third-order valence-corrected chi connectivity index (χ3v) is 2.00. The number of nitrogens with zero attached hydrogens (tertiary/aromatic N) is 1. The van der Waals surface area contributed by atoms with Crippen LogP contribution in [0, 0.1) is 0 Å². The van der Waals surface area contributed by atoms with Crippen LogP contribution in [-0.2, 0) is 6.61 Å². The zero-order valence-corrected chi connectivity index (χ0v) is 7.97. The molecule has 0 spiro atoms. The largest absolute Gasteiger partial charge is 0.504 e. The van der Waals surface area contributed by atoms with Crippen molar-refractivity contribution in [2.75, 3.05) is 5.73 Å². The summed E-state index contributed by atoms with van der Waals surface area (Å²) in [6, 6.07) is 6.77. The molecule has 0 bridgehead atoms. The van der Waals surface area contributed by atoms with Crippen LogP contribution in [0.5, 0.6) is 11.5 Å². The topological polar surface area (TPSA) is 84.2 Å². The van der Waals surface area contributed by atoms with Gasteiger partial charge in [-0.15, -0.1) is 0 Å². The second-order valence-corrected chi connectivity index (χ2v) is 3.07. The summed E-state index contributed by atoms with van der Waals surface area (Å²) in [6.45, 7) is 0.278. The Hall–Kier alpha value is -2.17. The van der Waals surface area contributed by atoms with Gasteiger partial charge in [0, 0.05) is 0 Å². The lowest BCUT2D eigenvalue weighted by Gasteiger charge is -2.06. The van der Waals surface area contributed by atoms with Crippen molar-refractivity contribution < 1.29 is 9.84 Å². The highest BCUT2D eigenvalue weighted by atomic mass is 16.5. The third-order valence-electron chi connectivity index (χ3n) is 2.00. The first-order valence-electron chi connectivity index (χ1n) is 4.46. The van der Waals surface area contributed by atoms with Crippen molar-refractivity contribution in [2.24, 2.45) is 0 Å². The highest BCUT2D eigenvalue weighted by molar-refractivity contribution is 5.40. The molecule has 0 aliphatic carbocycles. The molecule has 1 aromatic heterocycles. The fourth-order valence-corrected chi connectivity index (χ4v) is 1.17. The quantitative estimate of drug-likeness (QED) is 0.704. The number of nitrogen functional groups attached to an aromatic ring is 1. The zero-order valence-electron chi connectivity index (χ0n) is 7.97. The Balaban J connectivity index is 2.06. The molecule has 0 fully saturated rings. The molecular formula is C10H11N3O2. The smallest absolute Gasteiger partial charge is 0.161 e. The van der Waals surface area contributed by atoms with Gasteiger partial charge in [0.05, 0.1) is 11.8 Å². The van der Waals surface area contributed by atoms with E-state index in [-0.39, 0.29) is 12.4 Å². The van der Waals surface area contributed by atoms with Gasteiger partial charge in [-0.3, -0.25) is 5.10 Å². The highest BCUT2D eigenvalue weighted by Crippen LogP contribution is 2.25. The van der Waals surface area contributed by atoms with Crippen LogP contribution in [0.1, 0.15) is 5.56 Å². The van der Waals surface area contributed by atoms with Gasteiger partial charge in [-0.1, -0.05) is 12.1 Å². The molecule has 0 saturated heterocycles. The molecule has 0 radical (unpaired) electrons. The fraction of sp³-hybridized carbons (Fsp3) is 0.100. The van der Waals surface area contributed by atoms with E-state index in [1.807, 2.05) is 0 Å². The number of phenolic OH excluding ortho intramolecular Hbond substituents is 1. The SMILES string of the molecule is Nc1[nH]ncc1COc1ccccc1O. The average molecular weight is 205 g/mol. The van der Waals surface area contributed by atoms with Gasteiger partial charge in [0.2, 0.25) is 0 Å². The van der Waals surface area contributed by atoms with Gasteiger partial charge in [0.15, 0.2) is 11.5 Å². The summed E-state index contributed by atoms with van der Waals surface area (Å²) in [5, 5.41) is 15.8. The number of H-pyrrole nitrogens is 1. The minimum atomic E-state index is 0.111. The zero-order chi connectivity index (χ0) is 10.7. The van der Waals surface area contributed by atoms with Crippen LogP contribution < -0.4 is 10.5 Å². The van der Waals surface area contributed by atoms with E-state index in [2.05, 4.69) is 10.2 Å². The summed E-state index contributed by atoms with van der Waals surface area (Å²) >= 11 is 0. The van der Waals surface area contributed by atoms with E-state index < -0.39 is 0 Å². The van der Waals surface area contributed by atoms with Crippen molar-refractivity contribution >= 4 is 5.82 Å². The molecule has 1 aromatic carbocycles. The number of hydrogen-bond donors (Lipinski definition) is 3. The summed E-state index contributed by atoms with van der Waals surface area (Å²) in [5.41, 5.74) is 6.34. The first-order chi connectivity index (χ1) is 7.27. The van der Waals surface area contributed by atoms with Crippen molar-refractivity contribution in [2.45, 2.75) is 6.61 Å². The van der Waals surface area contributed by atoms with Crippen LogP contribution in [0.3, 0.4) is 0 Å². The van der Waals surface area contributed by atoms with Crippen molar-refractivity contribution in [3.8, 4) is 11.5 Å². The number of hydrogen-bond acceptors (Lipinski definition) is 4. The number of aromatic hydroxyl groups is 1. The number of para-hydroxylation sites is 2. The lowest BCUT2D eigenvalue weighted by molar-refractivity contribution is 0.289. The second kappa shape index (κ2) is 3.91. The van der Waals surface area contributed by atoms with Crippen LogP contribution >= 0.6 is 0 Å². The molecule has 0 atom stereocenters. The van der Waals surface area contributed by atoms with Crippen LogP contribution in [0.2, 0.25) is 0 Å². The van der Waals surface area contributed by atoms with Crippen molar-refractivity contribution in [1.82, 2.24) is 10.2 Å².